The van der Waals surface area contributed by atoms with Crippen LogP contribution in [0.15, 0.2) is 41.7 Å². The predicted molar refractivity (Wildman–Crippen MR) is 107 cm³/mol. The summed E-state index contributed by atoms with van der Waals surface area (Å²) in [5.74, 6) is 3.04. The van der Waals surface area contributed by atoms with Gasteiger partial charge in [-0.25, -0.2) is 0 Å². The highest BCUT2D eigenvalue weighted by atomic mass is 16.7. The van der Waals surface area contributed by atoms with Gasteiger partial charge in [-0.05, 0) is 5.56 Å². The molecule has 6 nitrogen and oxygen atoms in total. The maximum atomic E-state index is 6.33. The zero-order valence-corrected chi connectivity index (χ0v) is 17.6. The molecule has 2 rings (SSSR count). The van der Waals surface area contributed by atoms with Crippen molar-refractivity contribution in [3.05, 3.63) is 47.2 Å². The molecule has 1 atom stereocenters. The van der Waals surface area contributed by atoms with Crippen molar-refractivity contribution in [3.63, 3.8) is 0 Å². The van der Waals surface area contributed by atoms with E-state index in [2.05, 4.69) is 71.4 Å². The number of hydrogen-bond acceptors (Lipinski definition) is 2. The van der Waals surface area contributed by atoms with Crippen LogP contribution in [-0.4, -0.2) is 99.1 Å². The lowest BCUT2D eigenvalue weighted by Crippen LogP contribution is -2.37. The van der Waals surface area contributed by atoms with Gasteiger partial charge in [0.2, 0.25) is 5.76 Å². The minimum Gasteiger partial charge on any atom is -0.396 e. The van der Waals surface area contributed by atoms with Gasteiger partial charge in [-0.1, -0.05) is 30.3 Å². The normalized spacial score (nSPS) is 17.0. The molecule has 1 aliphatic heterocycles. The molecule has 6 heteroatoms. The molecular formula is C20H33N5O+2. The highest BCUT2D eigenvalue weighted by Gasteiger charge is 2.45. The third-order valence-corrected chi connectivity index (χ3v) is 4.37. The molecule has 0 bridgehead atoms. The highest BCUT2D eigenvalue weighted by molar-refractivity contribution is 6.05. The number of hydroxylamine groups is 2. The molecule has 0 saturated carbocycles. The smallest absolute Gasteiger partial charge is 0.317 e. The SMILES string of the molecule is CN(C)C(C1=C(C(N(C)C)=[N+](C)C)C(c2ccccc2)N(C)O1)=[N+](C)C. The summed E-state index contributed by atoms with van der Waals surface area (Å²) in [6.07, 6.45) is 0. The summed E-state index contributed by atoms with van der Waals surface area (Å²) in [4.78, 5) is 10.6. The van der Waals surface area contributed by atoms with Gasteiger partial charge in [0.25, 0.3) is 5.84 Å². The molecule has 0 radical (unpaired) electrons. The zero-order valence-electron chi connectivity index (χ0n) is 17.6. The van der Waals surface area contributed by atoms with Crippen LogP contribution in [0.25, 0.3) is 0 Å². The lowest BCUT2D eigenvalue weighted by Gasteiger charge is -2.22. The van der Waals surface area contributed by atoms with Crippen LogP contribution in [0.1, 0.15) is 11.6 Å². The quantitative estimate of drug-likeness (QED) is 0.462. The summed E-state index contributed by atoms with van der Waals surface area (Å²) in [5.41, 5.74) is 2.36. The maximum Gasteiger partial charge on any atom is 0.317 e. The Morgan fingerprint density at radius 3 is 1.81 bits per heavy atom. The molecule has 0 N–H and O–H groups in total. The van der Waals surface area contributed by atoms with Crippen molar-refractivity contribution >= 4 is 11.7 Å². The molecule has 1 unspecified atom stereocenters. The molecule has 1 heterocycles. The van der Waals surface area contributed by atoms with Crippen LogP contribution in [0.5, 0.6) is 0 Å². The van der Waals surface area contributed by atoms with Crippen LogP contribution >= 0.6 is 0 Å². The number of benzene rings is 1. The fourth-order valence-corrected chi connectivity index (χ4v) is 3.64. The minimum atomic E-state index is 0.0147. The summed E-state index contributed by atoms with van der Waals surface area (Å²) in [7, 11) is 18.5. The third kappa shape index (κ3) is 3.75. The van der Waals surface area contributed by atoms with E-state index in [1.54, 1.807) is 0 Å². The van der Waals surface area contributed by atoms with Crippen LogP contribution in [0.2, 0.25) is 0 Å². The van der Waals surface area contributed by atoms with Crippen molar-refractivity contribution in [3.8, 4) is 0 Å². The summed E-state index contributed by atoms with van der Waals surface area (Å²) in [6, 6.07) is 10.5. The van der Waals surface area contributed by atoms with Gasteiger partial charge in [-0.15, -0.1) is 5.06 Å². The van der Waals surface area contributed by atoms with Crippen molar-refractivity contribution in [1.29, 1.82) is 0 Å². The summed E-state index contributed by atoms with van der Waals surface area (Å²) >= 11 is 0. The Hall–Kier alpha value is -2.34. The van der Waals surface area contributed by atoms with Gasteiger partial charge < -0.3 is 4.84 Å². The molecule has 1 aromatic carbocycles. The maximum absolute atomic E-state index is 6.33. The molecule has 1 aromatic rings. The Labute approximate surface area is 157 Å². The molecule has 0 fully saturated rings. The highest BCUT2D eigenvalue weighted by Crippen LogP contribution is 2.38. The first-order chi connectivity index (χ1) is 12.2. The van der Waals surface area contributed by atoms with Crippen molar-refractivity contribution in [2.45, 2.75) is 6.04 Å². The van der Waals surface area contributed by atoms with E-state index in [-0.39, 0.29) is 6.04 Å². The second kappa shape index (κ2) is 7.91. The van der Waals surface area contributed by atoms with Gasteiger partial charge in [0.1, 0.15) is 11.6 Å². The topological polar surface area (TPSA) is 25.0 Å². The van der Waals surface area contributed by atoms with Crippen LogP contribution in [-0.2, 0) is 4.84 Å². The molecule has 1 aliphatic rings. The number of nitrogens with zero attached hydrogens (tertiary/aromatic N) is 5. The lowest BCUT2D eigenvalue weighted by atomic mass is 9.96. The van der Waals surface area contributed by atoms with Crippen molar-refractivity contribution in [2.75, 3.05) is 63.4 Å². The lowest BCUT2D eigenvalue weighted by molar-refractivity contribution is -0.471. The van der Waals surface area contributed by atoms with Gasteiger partial charge in [-0.3, -0.25) is 19.0 Å². The molecular weight excluding hydrogens is 326 g/mol. The molecule has 0 aliphatic carbocycles. The van der Waals surface area contributed by atoms with Crippen molar-refractivity contribution in [1.82, 2.24) is 14.9 Å². The van der Waals surface area contributed by atoms with Crippen LogP contribution in [0.4, 0.5) is 0 Å². The first-order valence-electron chi connectivity index (χ1n) is 8.80. The van der Waals surface area contributed by atoms with E-state index in [9.17, 15) is 0 Å². The van der Waals surface area contributed by atoms with E-state index in [0.717, 1.165) is 23.0 Å². The second-order valence-electron chi connectivity index (χ2n) is 7.42. The Kier molecular flexibility index (Phi) is 6.08. The summed E-state index contributed by atoms with van der Waals surface area (Å²) in [5, 5.41) is 1.94. The molecule has 0 aromatic heterocycles. The second-order valence-corrected chi connectivity index (χ2v) is 7.42. The standard InChI is InChI=1S/C20H33N5O/c1-21(2)19(22(3)4)16-17(15-13-11-10-12-14-15)25(9)26-18(16)20(23(5)6)24(7)8/h10-14,17H,1-9H3/q+2. The fraction of sp³-hybridized carbons (Fsp3) is 0.500. The van der Waals surface area contributed by atoms with Crippen LogP contribution < -0.4 is 0 Å². The average molecular weight is 360 g/mol. The van der Waals surface area contributed by atoms with E-state index >= 15 is 0 Å². The van der Waals surface area contributed by atoms with E-state index in [0.29, 0.717) is 0 Å². The molecule has 0 saturated heterocycles. The van der Waals surface area contributed by atoms with E-state index in [1.807, 2.05) is 46.4 Å². The van der Waals surface area contributed by atoms with Crippen LogP contribution in [0, 0.1) is 0 Å². The van der Waals surface area contributed by atoms with E-state index in [1.165, 1.54) is 5.56 Å². The molecule has 142 valence electrons. The number of rotatable bonds is 3. The van der Waals surface area contributed by atoms with E-state index in [4.69, 9.17) is 4.84 Å². The Bertz CT molecular complexity index is 739. The van der Waals surface area contributed by atoms with E-state index < -0.39 is 0 Å². The van der Waals surface area contributed by atoms with Gasteiger partial charge in [0, 0.05) is 7.05 Å². The monoisotopic (exact) mass is 359 g/mol. The Balaban J connectivity index is 2.82. The first-order valence-corrected chi connectivity index (χ1v) is 8.80. The minimum absolute atomic E-state index is 0.0147. The van der Waals surface area contributed by atoms with Gasteiger partial charge in [0.05, 0.1) is 56.4 Å². The molecule has 0 amide bonds. The first kappa shape index (κ1) is 20.0. The zero-order chi connectivity index (χ0) is 19.6. The van der Waals surface area contributed by atoms with Crippen molar-refractivity contribution < 1.29 is 14.0 Å². The van der Waals surface area contributed by atoms with Crippen molar-refractivity contribution in [2.24, 2.45) is 0 Å². The number of hydrogen-bond donors (Lipinski definition) is 0. The predicted octanol–water partition coefficient (Wildman–Crippen LogP) is 1.32. The van der Waals surface area contributed by atoms with Gasteiger partial charge in [0.15, 0.2) is 0 Å². The Morgan fingerprint density at radius 2 is 1.38 bits per heavy atom. The number of likely N-dealkylation sites (N-methyl/N-ethyl adjacent to an activating group) is 3. The average Bonchev–Trinajstić information content (AvgIpc) is 2.83. The fourth-order valence-electron chi connectivity index (χ4n) is 3.64. The largest absolute Gasteiger partial charge is 0.396 e. The molecule has 26 heavy (non-hydrogen) atoms. The molecule has 0 spiro atoms. The van der Waals surface area contributed by atoms with Gasteiger partial charge in [-0.2, -0.15) is 0 Å². The Morgan fingerprint density at radius 1 is 0.885 bits per heavy atom. The summed E-state index contributed by atoms with van der Waals surface area (Å²) < 4.78 is 4.25. The third-order valence-electron chi connectivity index (χ3n) is 4.37. The van der Waals surface area contributed by atoms with Crippen LogP contribution in [0.3, 0.4) is 0 Å². The summed E-state index contributed by atoms with van der Waals surface area (Å²) in [6.45, 7) is 0. The van der Waals surface area contributed by atoms with Gasteiger partial charge >= 0.3 is 5.84 Å². The number of amidine groups is 2.